The number of nitrogens with one attached hydrogen (secondary N) is 1. The molecule has 0 unspecified atom stereocenters. The highest BCUT2D eigenvalue weighted by Crippen LogP contribution is 2.31. The van der Waals surface area contributed by atoms with Gasteiger partial charge in [0.1, 0.15) is 0 Å². The lowest BCUT2D eigenvalue weighted by Crippen LogP contribution is -2.12. The Balaban J connectivity index is 2.25. The number of hydrogen-bond donors (Lipinski definition) is 3. The Hall–Kier alpha value is -2.69. The van der Waals surface area contributed by atoms with E-state index in [-0.39, 0.29) is 17.4 Å². The largest absolute Gasteiger partial charge is 0.504 e. The molecule has 0 saturated carbocycles. The molecule has 0 bridgehead atoms. The van der Waals surface area contributed by atoms with Crippen LogP contribution in [0.25, 0.3) is 0 Å². The molecule has 0 fully saturated rings. The number of nitrogens with two attached hydrogens (primary N) is 1. The molecule has 104 valence electrons. The van der Waals surface area contributed by atoms with Crippen LogP contribution >= 0.6 is 0 Å². The Morgan fingerprint density at radius 2 is 1.90 bits per heavy atom. The van der Waals surface area contributed by atoms with E-state index >= 15 is 0 Å². The van der Waals surface area contributed by atoms with Gasteiger partial charge in [-0.05, 0) is 48.9 Å². The van der Waals surface area contributed by atoms with Crippen molar-refractivity contribution in [1.82, 2.24) is 0 Å². The van der Waals surface area contributed by atoms with Gasteiger partial charge in [0.05, 0.1) is 7.11 Å². The number of anilines is 2. The van der Waals surface area contributed by atoms with Crippen molar-refractivity contribution in [2.24, 2.45) is 0 Å². The molecule has 0 radical (unpaired) electrons. The molecular weight excluding hydrogens is 256 g/mol. The van der Waals surface area contributed by atoms with Crippen molar-refractivity contribution < 1.29 is 14.6 Å². The number of aromatic hydroxyl groups is 1. The zero-order valence-electron chi connectivity index (χ0n) is 11.3. The Morgan fingerprint density at radius 1 is 1.25 bits per heavy atom. The molecule has 2 aromatic carbocycles. The lowest BCUT2D eigenvalue weighted by Gasteiger charge is -2.10. The monoisotopic (exact) mass is 272 g/mol. The second-order valence-corrected chi connectivity index (χ2v) is 4.42. The van der Waals surface area contributed by atoms with Crippen molar-refractivity contribution in [3.05, 3.63) is 47.5 Å². The summed E-state index contributed by atoms with van der Waals surface area (Å²) in [5, 5.41) is 12.5. The van der Waals surface area contributed by atoms with E-state index in [4.69, 9.17) is 10.5 Å². The fraction of sp³-hybridized carbons (Fsp3) is 0.133. The van der Waals surface area contributed by atoms with Gasteiger partial charge >= 0.3 is 0 Å². The average Bonchev–Trinajstić information content (AvgIpc) is 2.44. The Bertz CT molecular complexity index is 636. The van der Waals surface area contributed by atoms with Crippen LogP contribution in [0.2, 0.25) is 0 Å². The van der Waals surface area contributed by atoms with Gasteiger partial charge in [0.15, 0.2) is 11.5 Å². The number of amides is 1. The summed E-state index contributed by atoms with van der Waals surface area (Å²) in [6, 6.07) is 9.95. The molecule has 0 atom stereocenters. The third-order valence-corrected chi connectivity index (χ3v) is 2.92. The topological polar surface area (TPSA) is 84.6 Å². The van der Waals surface area contributed by atoms with Crippen LogP contribution in [0.3, 0.4) is 0 Å². The van der Waals surface area contributed by atoms with Crippen LogP contribution in [0.1, 0.15) is 15.9 Å². The maximum atomic E-state index is 12.2. The summed E-state index contributed by atoms with van der Waals surface area (Å²) in [5.74, 6) is 0.0279. The lowest BCUT2D eigenvalue weighted by molar-refractivity contribution is 0.102. The number of carbonyl (C=O) groups is 1. The molecule has 2 aromatic rings. The van der Waals surface area contributed by atoms with Gasteiger partial charge in [-0.25, -0.2) is 0 Å². The van der Waals surface area contributed by atoms with Crippen molar-refractivity contribution in [3.63, 3.8) is 0 Å². The van der Waals surface area contributed by atoms with Crippen LogP contribution in [-0.4, -0.2) is 18.1 Å². The van der Waals surface area contributed by atoms with Gasteiger partial charge in [-0.1, -0.05) is 0 Å². The first-order chi connectivity index (χ1) is 9.51. The third kappa shape index (κ3) is 2.83. The second-order valence-electron chi connectivity index (χ2n) is 4.42. The van der Waals surface area contributed by atoms with Crippen LogP contribution in [0.15, 0.2) is 36.4 Å². The van der Waals surface area contributed by atoms with E-state index in [0.717, 1.165) is 0 Å². The number of aryl methyl sites for hydroxylation is 1. The van der Waals surface area contributed by atoms with Crippen LogP contribution in [0, 0.1) is 6.92 Å². The third-order valence-electron chi connectivity index (χ3n) is 2.92. The average molecular weight is 272 g/mol. The number of phenols is 1. The highest BCUT2D eigenvalue weighted by atomic mass is 16.5. The first-order valence-corrected chi connectivity index (χ1v) is 6.05. The molecule has 0 aliphatic carbocycles. The van der Waals surface area contributed by atoms with Gasteiger partial charge in [0, 0.05) is 16.9 Å². The van der Waals surface area contributed by atoms with Crippen LogP contribution < -0.4 is 15.8 Å². The summed E-state index contributed by atoms with van der Waals surface area (Å²) < 4.78 is 5.04. The summed E-state index contributed by atoms with van der Waals surface area (Å²) in [6.45, 7) is 1.71. The summed E-state index contributed by atoms with van der Waals surface area (Å²) in [6.07, 6.45) is 0. The predicted molar refractivity (Wildman–Crippen MR) is 78.2 cm³/mol. The van der Waals surface area contributed by atoms with Crippen molar-refractivity contribution >= 4 is 17.3 Å². The van der Waals surface area contributed by atoms with E-state index in [0.29, 0.717) is 22.5 Å². The summed E-state index contributed by atoms with van der Waals surface area (Å²) >= 11 is 0. The molecule has 0 saturated heterocycles. The van der Waals surface area contributed by atoms with E-state index in [1.54, 1.807) is 37.3 Å². The molecule has 0 aliphatic heterocycles. The molecule has 0 aliphatic rings. The number of phenolic OH excluding ortho intramolecular Hbond substituents is 1. The molecule has 20 heavy (non-hydrogen) atoms. The molecule has 1 amide bonds. The second kappa shape index (κ2) is 5.52. The molecule has 4 N–H and O–H groups in total. The van der Waals surface area contributed by atoms with E-state index < -0.39 is 0 Å². The van der Waals surface area contributed by atoms with Crippen LogP contribution in [0.4, 0.5) is 11.4 Å². The number of methoxy groups -OCH3 is 1. The molecule has 0 spiro atoms. The Labute approximate surface area is 117 Å². The van der Waals surface area contributed by atoms with Gasteiger partial charge in [-0.3, -0.25) is 4.79 Å². The highest BCUT2D eigenvalue weighted by Gasteiger charge is 2.13. The minimum Gasteiger partial charge on any atom is -0.504 e. The number of rotatable bonds is 3. The molecule has 5 nitrogen and oxygen atoms in total. The van der Waals surface area contributed by atoms with Crippen LogP contribution in [0.5, 0.6) is 11.5 Å². The van der Waals surface area contributed by atoms with E-state index in [1.807, 2.05) is 0 Å². The predicted octanol–water partition coefficient (Wildman–Crippen LogP) is 2.54. The fourth-order valence-electron chi connectivity index (χ4n) is 1.80. The van der Waals surface area contributed by atoms with E-state index in [9.17, 15) is 9.90 Å². The SMILES string of the molecule is COc1cc(C(=O)Nc2ccc(N)cc2)cc(C)c1O. The first-order valence-electron chi connectivity index (χ1n) is 6.05. The first kappa shape index (κ1) is 13.7. The number of ether oxygens (including phenoxy) is 1. The molecule has 0 heterocycles. The number of nitrogen functional groups attached to an aromatic ring is 1. The van der Waals surface area contributed by atoms with Gasteiger partial charge in [-0.2, -0.15) is 0 Å². The minimum absolute atomic E-state index is 0.0385. The molecule has 2 rings (SSSR count). The summed E-state index contributed by atoms with van der Waals surface area (Å²) in [4.78, 5) is 12.2. The normalized spacial score (nSPS) is 10.1. The quantitative estimate of drug-likeness (QED) is 0.750. The zero-order valence-corrected chi connectivity index (χ0v) is 11.3. The van der Waals surface area contributed by atoms with Crippen molar-refractivity contribution in [2.75, 3.05) is 18.2 Å². The minimum atomic E-state index is -0.281. The Kier molecular flexibility index (Phi) is 3.79. The zero-order chi connectivity index (χ0) is 14.7. The molecule has 0 aromatic heterocycles. The highest BCUT2D eigenvalue weighted by molar-refractivity contribution is 6.04. The van der Waals surface area contributed by atoms with Crippen molar-refractivity contribution in [1.29, 1.82) is 0 Å². The number of carbonyl (C=O) groups excluding carboxylic acids is 1. The smallest absolute Gasteiger partial charge is 0.255 e. The van der Waals surface area contributed by atoms with Gasteiger partial charge in [0.2, 0.25) is 0 Å². The van der Waals surface area contributed by atoms with Gasteiger partial charge in [-0.15, -0.1) is 0 Å². The van der Waals surface area contributed by atoms with Crippen LogP contribution in [-0.2, 0) is 0 Å². The van der Waals surface area contributed by atoms with Gasteiger partial charge in [0.25, 0.3) is 5.91 Å². The summed E-state index contributed by atoms with van der Waals surface area (Å²) in [7, 11) is 1.44. The maximum absolute atomic E-state index is 12.2. The number of benzene rings is 2. The van der Waals surface area contributed by atoms with E-state index in [1.165, 1.54) is 13.2 Å². The maximum Gasteiger partial charge on any atom is 0.255 e. The molecular formula is C15H16N2O3. The lowest BCUT2D eigenvalue weighted by atomic mass is 10.1. The van der Waals surface area contributed by atoms with Crippen molar-refractivity contribution in [2.45, 2.75) is 6.92 Å². The van der Waals surface area contributed by atoms with Gasteiger partial charge < -0.3 is 20.9 Å². The standard InChI is InChI=1S/C15H16N2O3/c1-9-7-10(8-13(20-2)14(9)18)15(19)17-12-5-3-11(16)4-6-12/h3-8,18H,16H2,1-2H3,(H,17,19). The Morgan fingerprint density at radius 3 is 2.50 bits per heavy atom. The molecule has 5 heteroatoms. The fourth-order valence-corrected chi connectivity index (χ4v) is 1.80. The number of hydrogen-bond acceptors (Lipinski definition) is 4. The summed E-state index contributed by atoms with van der Waals surface area (Å²) in [5.41, 5.74) is 7.85. The van der Waals surface area contributed by atoms with Crippen molar-refractivity contribution in [3.8, 4) is 11.5 Å². The van der Waals surface area contributed by atoms with E-state index in [2.05, 4.69) is 5.32 Å².